The van der Waals surface area contributed by atoms with E-state index in [-0.39, 0.29) is 0 Å². The fourth-order valence-electron chi connectivity index (χ4n) is 0.438. The van der Waals surface area contributed by atoms with Crippen LogP contribution in [0, 0.1) is 0 Å². The molecule has 0 spiro atoms. The molecule has 0 radical (unpaired) electrons. The van der Waals surface area contributed by atoms with Crippen LogP contribution in [0.2, 0.25) is 0 Å². The van der Waals surface area contributed by atoms with Crippen LogP contribution in [0.25, 0.3) is 0 Å². The molecular formula is C9H15O5-. The highest BCUT2D eigenvalue weighted by Gasteiger charge is 2.18. The predicted molar refractivity (Wildman–Crippen MR) is 47.0 cm³/mol. The van der Waals surface area contributed by atoms with Gasteiger partial charge in [0.15, 0.2) is 6.29 Å². The van der Waals surface area contributed by atoms with Gasteiger partial charge in [-0.25, -0.2) is 9.78 Å². The second-order valence-corrected chi connectivity index (χ2v) is 3.26. The third-order valence-corrected chi connectivity index (χ3v) is 1.62. The third-order valence-electron chi connectivity index (χ3n) is 1.62. The van der Waals surface area contributed by atoms with Gasteiger partial charge in [-0.1, -0.05) is 13.5 Å². The minimum absolute atomic E-state index is 0.503. The molecule has 0 aliphatic carbocycles. The Balaban J connectivity index is 3.95. The van der Waals surface area contributed by atoms with Crippen LogP contribution in [0.5, 0.6) is 0 Å². The molecular weight excluding hydrogens is 188 g/mol. The maximum Gasteiger partial charge on any atom is 0.254 e. The molecule has 0 aromatic rings. The van der Waals surface area contributed by atoms with Gasteiger partial charge in [0.25, 0.3) is 6.16 Å². The van der Waals surface area contributed by atoms with Gasteiger partial charge in [0.05, 0.1) is 5.60 Å². The lowest BCUT2D eigenvalue weighted by Crippen LogP contribution is -2.32. The molecule has 0 saturated carbocycles. The highest BCUT2D eigenvalue weighted by molar-refractivity contribution is 5.54. The lowest BCUT2D eigenvalue weighted by atomic mass is 10.1. The van der Waals surface area contributed by atoms with E-state index in [1.54, 1.807) is 13.8 Å². The molecule has 0 heterocycles. The fraction of sp³-hybridized carbons (Fsp3) is 0.667. The van der Waals surface area contributed by atoms with E-state index in [4.69, 9.17) is 9.78 Å². The van der Waals surface area contributed by atoms with E-state index in [1.165, 1.54) is 0 Å². The molecule has 0 aliphatic heterocycles. The zero-order valence-electron chi connectivity index (χ0n) is 8.61. The van der Waals surface area contributed by atoms with E-state index in [2.05, 4.69) is 11.3 Å². The van der Waals surface area contributed by atoms with Crippen molar-refractivity contribution in [2.45, 2.75) is 39.1 Å². The molecule has 0 aromatic carbocycles. The molecule has 5 heteroatoms. The van der Waals surface area contributed by atoms with Crippen LogP contribution in [0.3, 0.4) is 0 Å². The molecule has 0 aromatic heterocycles. The van der Waals surface area contributed by atoms with Crippen molar-refractivity contribution < 1.29 is 24.4 Å². The summed E-state index contributed by atoms with van der Waals surface area (Å²) < 4.78 is 4.18. The summed E-state index contributed by atoms with van der Waals surface area (Å²) in [5, 5.41) is 10.0. The standard InChI is InChI=1S/C9H16O5/c1-5-7(12-8(10)11)13-14-9(3,4)6-2/h5,7H,1,6H2,2-4H3,(H,10,11)/p-1. The molecule has 0 bridgehead atoms. The van der Waals surface area contributed by atoms with E-state index < -0.39 is 18.0 Å². The van der Waals surface area contributed by atoms with Crippen LogP contribution in [-0.2, 0) is 14.5 Å². The Hall–Kier alpha value is -1.07. The van der Waals surface area contributed by atoms with Crippen molar-refractivity contribution in [3.05, 3.63) is 12.7 Å². The summed E-state index contributed by atoms with van der Waals surface area (Å²) in [6.45, 7) is 8.82. The molecule has 0 rings (SSSR count). The van der Waals surface area contributed by atoms with Crippen LogP contribution in [0.4, 0.5) is 4.79 Å². The summed E-state index contributed by atoms with van der Waals surface area (Å²) in [5.74, 6) is 0. The van der Waals surface area contributed by atoms with Gasteiger partial charge in [0, 0.05) is 0 Å². The highest BCUT2D eigenvalue weighted by Crippen LogP contribution is 2.15. The van der Waals surface area contributed by atoms with Gasteiger partial charge in [0.1, 0.15) is 0 Å². The summed E-state index contributed by atoms with van der Waals surface area (Å²) in [4.78, 5) is 19.7. The van der Waals surface area contributed by atoms with Crippen molar-refractivity contribution in [1.82, 2.24) is 0 Å². The first-order valence-corrected chi connectivity index (χ1v) is 4.26. The molecule has 0 amide bonds. The average Bonchev–Trinajstić information content (AvgIpc) is 2.12. The Morgan fingerprint density at radius 2 is 2.21 bits per heavy atom. The largest absolute Gasteiger partial charge is 0.514 e. The first kappa shape index (κ1) is 12.9. The van der Waals surface area contributed by atoms with Crippen LogP contribution in [0.15, 0.2) is 12.7 Å². The molecule has 1 atom stereocenters. The van der Waals surface area contributed by atoms with Gasteiger partial charge in [-0.05, 0) is 26.3 Å². The summed E-state index contributed by atoms with van der Waals surface area (Å²) in [6, 6.07) is 0. The molecule has 5 nitrogen and oxygen atoms in total. The lowest BCUT2D eigenvalue weighted by Gasteiger charge is -2.25. The molecule has 0 fully saturated rings. The number of carbonyl (C=O) groups is 1. The predicted octanol–water partition coefficient (Wildman–Crippen LogP) is 0.995. The monoisotopic (exact) mass is 203 g/mol. The van der Waals surface area contributed by atoms with Crippen molar-refractivity contribution in [2.75, 3.05) is 0 Å². The van der Waals surface area contributed by atoms with Crippen LogP contribution in [-0.4, -0.2) is 18.0 Å². The Labute approximate surface area is 83.2 Å². The summed E-state index contributed by atoms with van der Waals surface area (Å²) in [7, 11) is 0. The van der Waals surface area contributed by atoms with Gasteiger partial charge < -0.3 is 14.6 Å². The first-order chi connectivity index (χ1) is 6.41. The number of carboxylic acid groups (broad SMARTS) is 1. The summed E-state index contributed by atoms with van der Waals surface area (Å²) >= 11 is 0. The van der Waals surface area contributed by atoms with Gasteiger partial charge in [-0.2, -0.15) is 0 Å². The molecule has 0 aliphatic rings. The summed E-state index contributed by atoms with van der Waals surface area (Å²) in [6.07, 6.45) is -0.984. The van der Waals surface area contributed by atoms with Crippen molar-refractivity contribution in [3.8, 4) is 0 Å². The van der Waals surface area contributed by atoms with Crippen LogP contribution >= 0.6 is 0 Å². The number of rotatable bonds is 6. The number of carbonyl (C=O) groups excluding carboxylic acids is 1. The second kappa shape index (κ2) is 5.62. The molecule has 82 valence electrons. The zero-order chi connectivity index (χ0) is 11.2. The molecule has 1 unspecified atom stereocenters. The lowest BCUT2D eigenvalue weighted by molar-refractivity contribution is -0.412. The highest BCUT2D eigenvalue weighted by atomic mass is 17.2. The van der Waals surface area contributed by atoms with E-state index in [1.807, 2.05) is 6.92 Å². The minimum atomic E-state index is -1.69. The number of ether oxygens (including phenoxy) is 1. The average molecular weight is 203 g/mol. The van der Waals surface area contributed by atoms with Gasteiger partial charge in [0.2, 0.25) is 0 Å². The van der Waals surface area contributed by atoms with Crippen LogP contribution in [0.1, 0.15) is 27.2 Å². The Kier molecular flexibility index (Phi) is 5.19. The number of hydrogen-bond acceptors (Lipinski definition) is 5. The number of hydrogen-bond donors (Lipinski definition) is 0. The maximum absolute atomic E-state index is 10.0. The van der Waals surface area contributed by atoms with Crippen molar-refractivity contribution >= 4 is 6.16 Å². The zero-order valence-corrected chi connectivity index (χ0v) is 8.61. The molecule has 14 heavy (non-hydrogen) atoms. The quantitative estimate of drug-likeness (QED) is 0.212. The third kappa shape index (κ3) is 5.55. The van der Waals surface area contributed by atoms with Gasteiger partial charge in [-0.3, -0.25) is 0 Å². The van der Waals surface area contributed by atoms with Gasteiger partial charge >= 0.3 is 0 Å². The van der Waals surface area contributed by atoms with Crippen molar-refractivity contribution in [2.24, 2.45) is 0 Å². The topological polar surface area (TPSA) is 67.8 Å². The Morgan fingerprint density at radius 1 is 1.64 bits per heavy atom. The van der Waals surface area contributed by atoms with E-state index in [0.717, 1.165) is 6.08 Å². The second-order valence-electron chi connectivity index (χ2n) is 3.26. The SMILES string of the molecule is C=CC(OOC(C)(C)CC)OC(=O)[O-]. The van der Waals surface area contributed by atoms with E-state index in [9.17, 15) is 9.90 Å². The first-order valence-electron chi connectivity index (χ1n) is 4.26. The Morgan fingerprint density at radius 3 is 2.57 bits per heavy atom. The minimum Gasteiger partial charge on any atom is -0.514 e. The van der Waals surface area contributed by atoms with Crippen molar-refractivity contribution in [3.63, 3.8) is 0 Å². The van der Waals surface area contributed by atoms with Crippen molar-refractivity contribution in [1.29, 1.82) is 0 Å². The van der Waals surface area contributed by atoms with E-state index >= 15 is 0 Å². The maximum atomic E-state index is 10.0. The fourth-order valence-corrected chi connectivity index (χ4v) is 0.438. The van der Waals surface area contributed by atoms with E-state index in [0.29, 0.717) is 6.42 Å². The summed E-state index contributed by atoms with van der Waals surface area (Å²) in [5.41, 5.74) is -0.503. The normalized spacial score (nSPS) is 13.4. The molecule has 0 N–H and O–H groups in total. The molecule has 0 saturated heterocycles. The van der Waals surface area contributed by atoms with Crippen LogP contribution < -0.4 is 5.11 Å². The van der Waals surface area contributed by atoms with Gasteiger partial charge in [-0.15, -0.1) is 0 Å². The Bertz CT molecular complexity index is 199. The smallest absolute Gasteiger partial charge is 0.254 e.